The van der Waals surface area contributed by atoms with Crippen LogP contribution in [0.1, 0.15) is 25.5 Å². The van der Waals surface area contributed by atoms with E-state index in [-0.39, 0.29) is 18.1 Å². The van der Waals surface area contributed by atoms with Gasteiger partial charge in [0.05, 0.1) is 39.6 Å². The van der Waals surface area contributed by atoms with Crippen molar-refractivity contribution in [2.24, 2.45) is 0 Å². The van der Waals surface area contributed by atoms with Gasteiger partial charge in [0, 0.05) is 50.9 Å². The molecule has 11 nitrogen and oxygen atoms in total. The normalized spacial score (nSPS) is 18.7. The third-order valence-corrected chi connectivity index (χ3v) is 5.89. The summed E-state index contributed by atoms with van der Waals surface area (Å²) in [6.07, 6.45) is 0. The van der Waals surface area contributed by atoms with E-state index in [2.05, 4.69) is 15.5 Å². The molecule has 0 unspecified atom stereocenters. The molecule has 1 aromatic carbocycles. The maximum absolute atomic E-state index is 13.1. The highest BCUT2D eigenvalue weighted by Gasteiger charge is 2.37. The number of piperazine rings is 1. The molecule has 2 aliphatic rings. The summed E-state index contributed by atoms with van der Waals surface area (Å²) in [6.45, 7) is 6.16. The highest BCUT2D eigenvalue weighted by Crippen LogP contribution is 2.44. The average Bonchev–Trinajstić information content (AvgIpc) is 2.82. The number of urea groups is 1. The van der Waals surface area contributed by atoms with E-state index in [1.807, 2.05) is 0 Å². The van der Waals surface area contributed by atoms with Crippen LogP contribution in [-0.2, 0) is 14.3 Å². The Morgan fingerprint density at radius 1 is 1.03 bits per heavy atom. The molecule has 186 valence electrons. The number of nitrogens with one attached hydrogen (secondary N) is 2. The second-order valence-electron chi connectivity index (χ2n) is 7.85. The third-order valence-electron chi connectivity index (χ3n) is 5.89. The molecule has 2 N–H and O–H groups in total. The Morgan fingerprint density at radius 3 is 2.26 bits per heavy atom. The smallest absolute Gasteiger partial charge is 0.338 e. The van der Waals surface area contributed by atoms with Crippen LogP contribution in [0, 0.1) is 0 Å². The van der Waals surface area contributed by atoms with Crippen molar-refractivity contribution < 1.29 is 33.3 Å². The quantitative estimate of drug-likeness (QED) is 0.535. The highest BCUT2D eigenvalue weighted by atomic mass is 16.5. The standard InChI is InChI=1S/C23H32N4O7/c1-6-34-22(29)18-16(13-26-9-11-27(12-10-26)14(2)28)24-23(30)25-19(18)15-7-8-17(31-3)21(33-5)20(15)32-4/h7-8,19H,6,9-13H2,1-5H3,(H2,24,25,30)/t19-/m0/s1. The maximum Gasteiger partial charge on any atom is 0.338 e. The lowest BCUT2D eigenvalue weighted by molar-refractivity contribution is -0.139. The SMILES string of the molecule is CCOC(=O)C1=C(CN2CCN(C(C)=O)CC2)NC(=O)N[C@H]1c1ccc(OC)c(OC)c1OC. The van der Waals surface area contributed by atoms with Gasteiger partial charge in [-0.25, -0.2) is 9.59 Å². The van der Waals surface area contributed by atoms with Gasteiger partial charge in [0.15, 0.2) is 11.5 Å². The maximum atomic E-state index is 13.1. The Balaban J connectivity index is 2.03. The first kappa shape index (κ1) is 25.2. The minimum Gasteiger partial charge on any atom is -0.493 e. The van der Waals surface area contributed by atoms with Gasteiger partial charge in [0.25, 0.3) is 0 Å². The number of benzene rings is 1. The van der Waals surface area contributed by atoms with Crippen molar-refractivity contribution in [3.63, 3.8) is 0 Å². The molecule has 11 heteroatoms. The van der Waals surface area contributed by atoms with Crippen molar-refractivity contribution in [3.8, 4) is 17.2 Å². The molecule has 0 aliphatic carbocycles. The Bertz CT molecular complexity index is 970. The lowest BCUT2D eigenvalue weighted by atomic mass is 9.93. The summed E-state index contributed by atoms with van der Waals surface area (Å²) in [6, 6.07) is 2.12. The Morgan fingerprint density at radius 2 is 1.71 bits per heavy atom. The highest BCUT2D eigenvalue weighted by molar-refractivity contribution is 5.95. The van der Waals surface area contributed by atoms with Crippen LogP contribution in [0.25, 0.3) is 0 Å². The Kier molecular flexibility index (Phi) is 8.21. The van der Waals surface area contributed by atoms with E-state index < -0.39 is 18.0 Å². The fourth-order valence-electron chi connectivity index (χ4n) is 4.22. The minimum absolute atomic E-state index is 0.0295. The largest absolute Gasteiger partial charge is 0.493 e. The van der Waals surface area contributed by atoms with Crippen LogP contribution in [0.2, 0.25) is 0 Å². The predicted octanol–water partition coefficient (Wildman–Crippen LogP) is 1.05. The van der Waals surface area contributed by atoms with E-state index in [0.717, 1.165) is 0 Å². The van der Waals surface area contributed by atoms with Crippen molar-refractivity contribution in [2.75, 3.05) is 60.7 Å². The van der Waals surface area contributed by atoms with Crippen LogP contribution in [0.15, 0.2) is 23.4 Å². The third kappa shape index (κ3) is 5.19. The van der Waals surface area contributed by atoms with Gasteiger partial charge >= 0.3 is 12.0 Å². The number of nitrogens with zero attached hydrogens (tertiary/aromatic N) is 2. The number of methoxy groups -OCH3 is 3. The van der Waals surface area contributed by atoms with E-state index in [9.17, 15) is 14.4 Å². The van der Waals surface area contributed by atoms with Crippen LogP contribution < -0.4 is 24.8 Å². The number of ether oxygens (including phenoxy) is 4. The summed E-state index contributed by atoms with van der Waals surface area (Å²) < 4.78 is 21.8. The zero-order valence-corrected chi connectivity index (χ0v) is 20.2. The zero-order valence-electron chi connectivity index (χ0n) is 20.2. The van der Waals surface area contributed by atoms with Crippen molar-refractivity contribution in [3.05, 3.63) is 29.0 Å². The van der Waals surface area contributed by atoms with Gasteiger partial charge in [-0.15, -0.1) is 0 Å². The molecule has 3 rings (SSSR count). The number of hydrogen-bond donors (Lipinski definition) is 2. The van der Waals surface area contributed by atoms with Gasteiger partial charge < -0.3 is 34.5 Å². The molecule has 0 spiro atoms. The molecular weight excluding hydrogens is 444 g/mol. The van der Waals surface area contributed by atoms with Crippen LogP contribution in [0.5, 0.6) is 17.2 Å². The van der Waals surface area contributed by atoms with E-state index >= 15 is 0 Å². The summed E-state index contributed by atoms with van der Waals surface area (Å²) in [7, 11) is 4.48. The molecule has 1 saturated heterocycles. The topological polar surface area (TPSA) is 119 Å². The monoisotopic (exact) mass is 476 g/mol. The van der Waals surface area contributed by atoms with Crippen molar-refractivity contribution in [1.82, 2.24) is 20.4 Å². The molecule has 1 aromatic rings. The molecule has 0 bridgehead atoms. The summed E-state index contributed by atoms with van der Waals surface area (Å²) in [5, 5.41) is 5.60. The second kappa shape index (κ2) is 11.1. The van der Waals surface area contributed by atoms with Gasteiger partial charge in [-0.3, -0.25) is 9.69 Å². The van der Waals surface area contributed by atoms with Gasteiger partial charge in [0.1, 0.15) is 0 Å². The van der Waals surface area contributed by atoms with Crippen molar-refractivity contribution >= 4 is 17.9 Å². The van der Waals surface area contributed by atoms with E-state index in [4.69, 9.17) is 18.9 Å². The molecule has 2 aliphatic heterocycles. The first-order chi connectivity index (χ1) is 16.3. The number of carbonyl (C=O) groups is 3. The van der Waals surface area contributed by atoms with E-state index in [1.165, 1.54) is 21.3 Å². The number of rotatable bonds is 8. The summed E-state index contributed by atoms with van der Waals surface area (Å²) in [4.78, 5) is 41.3. The molecule has 0 radical (unpaired) electrons. The molecule has 0 saturated carbocycles. The van der Waals surface area contributed by atoms with E-state index in [0.29, 0.717) is 61.2 Å². The van der Waals surface area contributed by atoms with Crippen LogP contribution in [-0.4, -0.2) is 88.4 Å². The number of carbonyl (C=O) groups excluding carboxylic acids is 3. The average molecular weight is 477 g/mol. The van der Waals surface area contributed by atoms with Gasteiger partial charge in [-0.1, -0.05) is 0 Å². The van der Waals surface area contributed by atoms with Gasteiger partial charge in [-0.05, 0) is 19.1 Å². The molecular formula is C23H32N4O7. The summed E-state index contributed by atoms with van der Waals surface area (Å²) in [5.41, 5.74) is 1.25. The minimum atomic E-state index is -0.837. The number of esters is 1. The number of hydrogen-bond acceptors (Lipinski definition) is 8. The molecule has 34 heavy (non-hydrogen) atoms. The molecule has 2 heterocycles. The van der Waals surface area contributed by atoms with Gasteiger partial charge in [-0.2, -0.15) is 0 Å². The fourth-order valence-corrected chi connectivity index (χ4v) is 4.22. The first-order valence-corrected chi connectivity index (χ1v) is 11.1. The molecule has 3 amide bonds. The summed E-state index contributed by atoms with van der Waals surface area (Å²) >= 11 is 0. The lowest BCUT2D eigenvalue weighted by Gasteiger charge is -2.36. The van der Waals surface area contributed by atoms with Crippen molar-refractivity contribution in [1.29, 1.82) is 0 Å². The van der Waals surface area contributed by atoms with Crippen LogP contribution in [0.4, 0.5) is 4.79 Å². The predicted molar refractivity (Wildman–Crippen MR) is 123 cm³/mol. The fraction of sp³-hybridized carbons (Fsp3) is 0.522. The van der Waals surface area contributed by atoms with Gasteiger partial charge in [0.2, 0.25) is 11.7 Å². The lowest BCUT2D eigenvalue weighted by Crippen LogP contribution is -2.52. The van der Waals surface area contributed by atoms with E-state index in [1.54, 1.807) is 30.9 Å². The van der Waals surface area contributed by atoms with Crippen LogP contribution in [0.3, 0.4) is 0 Å². The summed E-state index contributed by atoms with van der Waals surface area (Å²) in [5.74, 6) is 0.621. The Labute approximate surface area is 198 Å². The Hall–Kier alpha value is -3.47. The first-order valence-electron chi connectivity index (χ1n) is 11.1. The molecule has 0 aromatic heterocycles. The molecule has 1 atom stereocenters. The zero-order chi connectivity index (χ0) is 24.8. The van der Waals surface area contributed by atoms with Crippen LogP contribution >= 0.6 is 0 Å². The number of amides is 3. The second-order valence-corrected chi connectivity index (χ2v) is 7.85. The van der Waals surface area contributed by atoms with Crippen molar-refractivity contribution in [2.45, 2.75) is 19.9 Å². The molecule has 1 fully saturated rings.